The summed E-state index contributed by atoms with van der Waals surface area (Å²) in [5.41, 5.74) is 1.26. The van der Waals surface area contributed by atoms with Crippen LogP contribution < -0.4 is 10.6 Å². The summed E-state index contributed by atoms with van der Waals surface area (Å²) in [6.07, 6.45) is 2.69. The number of carbonyl (C=O) groups is 1. The van der Waals surface area contributed by atoms with Gasteiger partial charge in [-0.25, -0.2) is 0 Å². The molecule has 1 saturated heterocycles. The number of likely N-dealkylation sites (tertiary alicyclic amines) is 1. The Bertz CT molecular complexity index is 636. The van der Waals surface area contributed by atoms with E-state index >= 15 is 0 Å². The largest absolute Gasteiger partial charge is 0.359 e. The van der Waals surface area contributed by atoms with Gasteiger partial charge in [-0.15, -0.1) is 0 Å². The topological polar surface area (TPSA) is 56.7 Å². The number of nitrogens with one attached hydrogen (secondary N) is 2. The highest BCUT2D eigenvalue weighted by molar-refractivity contribution is 9.10. The molecule has 5 nitrogen and oxygen atoms in total. The minimum Gasteiger partial charge on any atom is -0.359 e. The van der Waals surface area contributed by atoms with E-state index < -0.39 is 0 Å². The predicted molar refractivity (Wildman–Crippen MR) is 112 cm³/mol. The van der Waals surface area contributed by atoms with Crippen molar-refractivity contribution in [2.45, 2.75) is 38.5 Å². The summed E-state index contributed by atoms with van der Waals surface area (Å²) < 4.78 is 1.14. The van der Waals surface area contributed by atoms with Gasteiger partial charge in [0.05, 0.1) is 0 Å². The van der Waals surface area contributed by atoms with Crippen LogP contribution in [0.3, 0.4) is 0 Å². The second-order valence-electron chi connectivity index (χ2n) is 7.57. The lowest BCUT2D eigenvalue weighted by Gasteiger charge is -2.35. The van der Waals surface area contributed by atoms with E-state index in [1.807, 2.05) is 13.1 Å². The molecule has 0 bridgehead atoms. The zero-order valence-corrected chi connectivity index (χ0v) is 17.9. The summed E-state index contributed by atoms with van der Waals surface area (Å²) in [6, 6.07) is 8.37. The molecule has 1 aromatic rings. The maximum atomic E-state index is 11.6. The molecule has 144 valence electrons. The van der Waals surface area contributed by atoms with E-state index in [-0.39, 0.29) is 11.3 Å². The van der Waals surface area contributed by atoms with Crippen molar-refractivity contribution in [2.75, 3.05) is 33.7 Å². The SMILES string of the molecule is CN=C(NCC(C)(C)c1ccccc1Br)N1CCC(CC(=O)NC)CC1. The molecule has 1 fully saturated rings. The zero-order valence-electron chi connectivity index (χ0n) is 16.3. The molecule has 0 aliphatic carbocycles. The maximum Gasteiger partial charge on any atom is 0.220 e. The van der Waals surface area contributed by atoms with Crippen molar-refractivity contribution < 1.29 is 4.79 Å². The van der Waals surface area contributed by atoms with Gasteiger partial charge in [-0.05, 0) is 30.4 Å². The summed E-state index contributed by atoms with van der Waals surface area (Å²) in [5, 5.41) is 6.27. The fraction of sp³-hybridized carbons (Fsp3) is 0.600. The van der Waals surface area contributed by atoms with Crippen LogP contribution in [0.2, 0.25) is 0 Å². The molecule has 0 radical (unpaired) electrons. The molecule has 1 heterocycles. The van der Waals surface area contributed by atoms with E-state index in [1.165, 1.54) is 5.56 Å². The Hall–Kier alpha value is -1.56. The highest BCUT2D eigenvalue weighted by atomic mass is 79.9. The number of hydrogen-bond donors (Lipinski definition) is 2. The first kappa shape index (κ1) is 20.7. The number of aliphatic imine (C=N–C) groups is 1. The van der Waals surface area contributed by atoms with E-state index in [4.69, 9.17) is 0 Å². The third-order valence-corrected chi connectivity index (χ3v) is 5.86. The Kier molecular flexibility index (Phi) is 7.50. The first-order valence-electron chi connectivity index (χ1n) is 9.28. The quantitative estimate of drug-likeness (QED) is 0.565. The predicted octanol–water partition coefficient (Wildman–Crippen LogP) is 3.15. The van der Waals surface area contributed by atoms with Crippen molar-refractivity contribution in [2.24, 2.45) is 10.9 Å². The molecule has 0 aromatic heterocycles. The first-order chi connectivity index (χ1) is 12.4. The lowest BCUT2D eigenvalue weighted by Crippen LogP contribution is -2.48. The molecular weight excluding hydrogens is 392 g/mol. The van der Waals surface area contributed by atoms with Gasteiger partial charge in [-0.2, -0.15) is 0 Å². The van der Waals surface area contributed by atoms with Gasteiger partial charge >= 0.3 is 0 Å². The summed E-state index contributed by atoms with van der Waals surface area (Å²) in [7, 11) is 3.54. The number of hydrogen-bond acceptors (Lipinski definition) is 2. The van der Waals surface area contributed by atoms with Crippen LogP contribution >= 0.6 is 15.9 Å². The summed E-state index contributed by atoms with van der Waals surface area (Å²) in [4.78, 5) is 18.3. The van der Waals surface area contributed by atoms with Gasteiger partial charge in [0.2, 0.25) is 5.91 Å². The van der Waals surface area contributed by atoms with E-state index in [2.05, 4.69) is 68.5 Å². The van der Waals surface area contributed by atoms with Crippen LogP contribution in [0.15, 0.2) is 33.7 Å². The van der Waals surface area contributed by atoms with Crippen LogP contribution in [0, 0.1) is 5.92 Å². The first-order valence-corrected chi connectivity index (χ1v) is 10.1. The second-order valence-corrected chi connectivity index (χ2v) is 8.43. The summed E-state index contributed by atoms with van der Waals surface area (Å²) >= 11 is 3.66. The Balaban J connectivity index is 1.90. The van der Waals surface area contributed by atoms with Gasteiger partial charge in [0.25, 0.3) is 0 Å². The smallest absolute Gasteiger partial charge is 0.220 e. The molecule has 0 saturated carbocycles. The minimum absolute atomic E-state index is 0.0203. The fourth-order valence-electron chi connectivity index (χ4n) is 3.45. The van der Waals surface area contributed by atoms with E-state index in [0.29, 0.717) is 12.3 Å². The molecule has 1 aliphatic heterocycles. The summed E-state index contributed by atoms with van der Waals surface area (Å²) in [6.45, 7) is 7.17. The number of nitrogens with zero attached hydrogens (tertiary/aromatic N) is 2. The number of amides is 1. The van der Waals surface area contributed by atoms with Crippen molar-refractivity contribution >= 4 is 27.8 Å². The van der Waals surface area contributed by atoms with Crippen LogP contribution in [-0.2, 0) is 10.2 Å². The van der Waals surface area contributed by atoms with E-state index in [9.17, 15) is 4.79 Å². The second kappa shape index (κ2) is 9.40. The number of halogens is 1. The standard InChI is InChI=1S/C20H31BrN4O/c1-20(2,16-7-5-6-8-17(16)21)14-24-19(23-4)25-11-9-15(10-12-25)13-18(26)22-3/h5-8,15H,9-14H2,1-4H3,(H,22,26)(H,23,24). The van der Waals surface area contributed by atoms with E-state index in [0.717, 1.165) is 42.9 Å². The molecule has 6 heteroatoms. The fourth-order valence-corrected chi connectivity index (χ4v) is 4.27. The van der Waals surface area contributed by atoms with Crippen molar-refractivity contribution in [3.8, 4) is 0 Å². The number of guanidine groups is 1. The van der Waals surface area contributed by atoms with Gasteiger partial charge in [-0.1, -0.05) is 48.0 Å². The van der Waals surface area contributed by atoms with Crippen LogP contribution in [0.25, 0.3) is 0 Å². The third kappa shape index (κ3) is 5.47. The van der Waals surface area contributed by atoms with Gasteiger partial charge in [0.15, 0.2) is 5.96 Å². The van der Waals surface area contributed by atoms with Gasteiger partial charge in [0.1, 0.15) is 0 Å². The van der Waals surface area contributed by atoms with Gasteiger partial charge in [-0.3, -0.25) is 9.79 Å². The Morgan fingerprint density at radius 2 is 1.96 bits per heavy atom. The third-order valence-electron chi connectivity index (χ3n) is 5.17. The number of carbonyl (C=O) groups excluding carboxylic acids is 1. The average Bonchev–Trinajstić information content (AvgIpc) is 2.63. The van der Waals surface area contributed by atoms with Crippen LogP contribution in [-0.4, -0.2) is 50.5 Å². The normalized spacial score (nSPS) is 16.5. The monoisotopic (exact) mass is 422 g/mol. The number of piperidine rings is 1. The number of rotatable bonds is 5. The zero-order chi connectivity index (χ0) is 19.2. The molecule has 26 heavy (non-hydrogen) atoms. The van der Waals surface area contributed by atoms with Crippen LogP contribution in [0.1, 0.15) is 38.7 Å². The Morgan fingerprint density at radius 3 is 2.54 bits per heavy atom. The highest BCUT2D eigenvalue weighted by Gasteiger charge is 2.26. The number of benzene rings is 1. The van der Waals surface area contributed by atoms with Crippen molar-refractivity contribution in [3.63, 3.8) is 0 Å². The molecule has 2 N–H and O–H groups in total. The molecule has 0 spiro atoms. The molecule has 0 unspecified atom stereocenters. The average molecular weight is 423 g/mol. The lowest BCUT2D eigenvalue weighted by molar-refractivity contribution is -0.121. The molecule has 0 atom stereocenters. The molecule has 1 aliphatic rings. The van der Waals surface area contributed by atoms with Crippen LogP contribution in [0.4, 0.5) is 0 Å². The summed E-state index contributed by atoms with van der Waals surface area (Å²) in [5.74, 6) is 1.56. The highest BCUT2D eigenvalue weighted by Crippen LogP contribution is 2.29. The van der Waals surface area contributed by atoms with Crippen molar-refractivity contribution in [3.05, 3.63) is 34.3 Å². The van der Waals surface area contributed by atoms with Gasteiger partial charge in [0, 0.05) is 50.0 Å². The van der Waals surface area contributed by atoms with Crippen molar-refractivity contribution in [1.82, 2.24) is 15.5 Å². The lowest BCUT2D eigenvalue weighted by atomic mass is 9.84. The van der Waals surface area contributed by atoms with E-state index in [1.54, 1.807) is 7.05 Å². The van der Waals surface area contributed by atoms with Gasteiger partial charge < -0.3 is 15.5 Å². The van der Waals surface area contributed by atoms with Crippen molar-refractivity contribution in [1.29, 1.82) is 0 Å². The Morgan fingerprint density at radius 1 is 1.31 bits per heavy atom. The maximum absolute atomic E-state index is 11.6. The minimum atomic E-state index is -0.0203. The molecule has 1 amide bonds. The van der Waals surface area contributed by atoms with Crippen LogP contribution in [0.5, 0.6) is 0 Å². The molecule has 2 rings (SSSR count). The molecular formula is C20H31BrN4O. The Labute approximate surface area is 165 Å². The molecule has 1 aromatic carbocycles.